The van der Waals surface area contributed by atoms with Crippen molar-refractivity contribution in [3.8, 4) is 0 Å². The lowest BCUT2D eigenvalue weighted by Crippen LogP contribution is -2.39. The minimum Gasteiger partial charge on any atom is -0.380 e. The predicted octanol–water partition coefficient (Wildman–Crippen LogP) is 5.07. The van der Waals surface area contributed by atoms with E-state index < -0.39 is 0 Å². The molecule has 21 heavy (non-hydrogen) atoms. The van der Waals surface area contributed by atoms with Gasteiger partial charge >= 0.3 is 0 Å². The smallest absolute Gasteiger partial charge is 0.0721 e. The molecule has 1 N–H and O–H groups in total. The van der Waals surface area contributed by atoms with Gasteiger partial charge in [0.2, 0.25) is 0 Å². The van der Waals surface area contributed by atoms with Gasteiger partial charge in [-0.05, 0) is 37.1 Å². The number of nitrogens with one attached hydrogen (secondary N) is 1. The van der Waals surface area contributed by atoms with Crippen LogP contribution in [0.25, 0.3) is 0 Å². The number of para-hydroxylation sites is 2. The van der Waals surface area contributed by atoms with Crippen molar-refractivity contribution < 1.29 is 0 Å². The molecule has 110 valence electrons. The Balaban J connectivity index is 1.62. The minimum atomic E-state index is 0.419. The predicted molar refractivity (Wildman–Crippen MR) is 91.8 cm³/mol. The monoisotopic (exact) mass is 320 g/mol. The molecule has 4 heteroatoms. The highest BCUT2D eigenvalue weighted by Gasteiger charge is 2.20. The molecule has 0 saturated carbocycles. The number of nitrogens with zero attached hydrogens (tertiary/aromatic N) is 1. The summed E-state index contributed by atoms with van der Waals surface area (Å²) in [7, 11) is 0. The van der Waals surface area contributed by atoms with Gasteiger partial charge in [0.1, 0.15) is 0 Å². The van der Waals surface area contributed by atoms with Gasteiger partial charge in [-0.3, -0.25) is 0 Å². The second-order valence-corrected chi connectivity index (χ2v) is 6.15. The van der Waals surface area contributed by atoms with E-state index in [9.17, 15) is 0 Å². The molecule has 0 aromatic heterocycles. The molecular formula is C17H18Cl2N2. The quantitative estimate of drug-likeness (QED) is 0.848. The van der Waals surface area contributed by atoms with Gasteiger partial charge in [0.05, 0.1) is 15.7 Å². The maximum Gasteiger partial charge on any atom is 0.0721 e. The molecule has 0 radical (unpaired) electrons. The van der Waals surface area contributed by atoms with Crippen molar-refractivity contribution in [2.45, 2.75) is 18.9 Å². The van der Waals surface area contributed by atoms with Gasteiger partial charge < -0.3 is 10.2 Å². The number of hydrogen-bond acceptors (Lipinski definition) is 2. The molecule has 0 spiro atoms. The first-order chi connectivity index (χ1) is 10.2. The molecule has 0 unspecified atom stereocenters. The van der Waals surface area contributed by atoms with Crippen molar-refractivity contribution >= 4 is 34.6 Å². The largest absolute Gasteiger partial charge is 0.380 e. The lowest BCUT2D eigenvalue weighted by Gasteiger charge is -2.34. The van der Waals surface area contributed by atoms with Crippen LogP contribution in [0.15, 0.2) is 48.5 Å². The first-order valence-corrected chi connectivity index (χ1v) is 8.00. The minimum absolute atomic E-state index is 0.419. The van der Waals surface area contributed by atoms with Crippen LogP contribution in [0, 0.1) is 0 Å². The molecule has 3 rings (SSSR count). The second kappa shape index (κ2) is 6.59. The third-order valence-electron chi connectivity index (χ3n) is 3.93. The van der Waals surface area contributed by atoms with Crippen molar-refractivity contribution in [3.05, 3.63) is 58.6 Å². The van der Waals surface area contributed by atoms with E-state index in [1.54, 1.807) is 0 Å². The lowest BCUT2D eigenvalue weighted by molar-refractivity contribution is 0.527. The third-order valence-corrected chi connectivity index (χ3v) is 4.56. The lowest BCUT2D eigenvalue weighted by atomic mass is 10.0. The van der Waals surface area contributed by atoms with E-state index in [0.717, 1.165) is 31.6 Å². The Labute approximate surface area is 135 Å². The van der Waals surface area contributed by atoms with Crippen LogP contribution in [0.5, 0.6) is 0 Å². The number of halogens is 2. The molecule has 2 aromatic rings. The topological polar surface area (TPSA) is 15.3 Å². The van der Waals surface area contributed by atoms with E-state index in [1.165, 1.54) is 5.69 Å². The highest BCUT2D eigenvalue weighted by Crippen LogP contribution is 2.32. The van der Waals surface area contributed by atoms with Crippen LogP contribution in [-0.2, 0) is 0 Å². The zero-order valence-electron chi connectivity index (χ0n) is 11.7. The van der Waals surface area contributed by atoms with Crippen molar-refractivity contribution in [2.24, 2.45) is 0 Å². The molecule has 0 aliphatic carbocycles. The van der Waals surface area contributed by atoms with E-state index in [4.69, 9.17) is 23.2 Å². The van der Waals surface area contributed by atoms with Gasteiger partial charge in [0.25, 0.3) is 0 Å². The third kappa shape index (κ3) is 3.45. The van der Waals surface area contributed by atoms with Gasteiger partial charge in [-0.25, -0.2) is 0 Å². The van der Waals surface area contributed by atoms with Crippen LogP contribution in [0.1, 0.15) is 12.8 Å². The number of anilines is 2. The van der Waals surface area contributed by atoms with E-state index in [-0.39, 0.29) is 0 Å². The fourth-order valence-electron chi connectivity index (χ4n) is 2.76. The van der Waals surface area contributed by atoms with Crippen LogP contribution in [-0.4, -0.2) is 19.1 Å². The summed E-state index contributed by atoms with van der Waals surface area (Å²) < 4.78 is 0. The van der Waals surface area contributed by atoms with Crippen LogP contribution in [0.4, 0.5) is 11.4 Å². The van der Waals surface area contributed by atoms with Crippen molar-refractivity contribution in [1.82, 2.24) is 0 Å². The summed E-state index contributed by atoms with van der Waals surface area (Å²) in [5, 5.41) is 4.87. The first kappa shape index (κ1) is 14.6. The van der Waals surface area contributed by atoms with Crippen LogP contribution in [0.2, 0.25) is 10.0 Å². The summed E-state index contributed by atoms with van der Waals surface area (Å²) >= 11 is 12.4. The molecule has 0 bridgehead atoms. The molecule has 1 heterocycles. The molecular weight excluding hydrogens is 303 g/mol. The molecule has 1 aliphatic rings. The zero-order chi connectivity index (χ0) is 14.7. The zero-order valence-corrected chi connectivity index (χ0v) is 13.2. The summed E-state index contributed by atoms with van der Waals surface area (Å²) in [4.78, 5) is 2.42. The number of rotatable bonds is 3. The number of hydrogen-bond donors (Lipinski definition) is 1. The van der Waals surface area contributed by atoms with E-state index in [0.29, 0.717) is 16.1 Å². The average molecular weight is 321 g/mol. The highest BCUT2D eigenvalue weighted by atomic mass is 35.5. The SMILES string of the molecule is Clc1cccc(Cl)c1NC1CCN(c2ccccc2)CC1. The second-order valence-electron chi connectivity index (χ2n) is 5.34. The summed E-state index contributed by atoms with van der Waals surface area (Å²) in [5.74, 6) is 0. The fraction of sp³-hybridized carbons (Fsp3) is 0.294. The highest BCUT2D eigenvalue weighted by molar-refractivity contribution is 6.39. The molecule has 1 aliphatic heterocycles. The van der Waals surface area contributed by atoms with Crippen molar-refractivity contribution in [3.63, 3.8) is 0 Å². The van der Waals surface area contributed by atoms with Crippen molar-refractivity contribution in [2.75, 3.05) is 23.3 Å². The maximum absolute atomic E-state index is 6.22. The van der Waals surface area contributed by atoms with Crippen LogP contribution in [0.3, 0.4) is 0 Å². The van der Waals surface area contributed by atoms with E-state index in [2.05, 4.69) is 40.5 Å². The van der Waals surface area contributed by atoms with Crippen LogP contribution >= 0.6 is 23.2 Å². The van der Waals surface area contributed by atoms with Crippen molar-refractivity contribution in [1.29, 1.82) is 0 Å². The Kier molecular flexibility index (Phi) is 4.57. The maximum atomic E-state index is 6.22. The molecule has 1 saturated heterocycles. The van der Waals surface area contributed by atoms with Crippen LogP contribution < -0.4 is 10.2 Å². The molecule has 2 nitrogen and oxygen atoms in total. The molecule has 0 amide bonds. The van der Waals surface area contributed by atoms with Gasteiger partial charge in [-0.1, -0.05) is 47.5 Å². The summed E-state index contributed by atoms with van der Waals surface area (Å²) in [6, 6.07) is 16.6. The first-order valence-electron chi connectivity index (χ1n) is 7.24. The number of benzene rings is 2. The summed E-state index contributed by atoms with van der Waals surface area (Å²) in [6.45, 7) is 2.09. The Bertz CT molecular complexity index is 573. The van der Waals surface area contributed by atoms with E-state index in [1.807, 2.05) is 18.2 Å². The molecule has 1 fully saturated rings. The van der Waals surface area contributed by atoms with Gasteiger partial charge in [-0.2, -0.15) is 0 Å². The summed E-state index contributed by atoms with van der Waals surface area (Å²) in [5.41, 5.74) is 2.16. The fourth-order valence-corrected chi connectivity index (χ4v) is 3.27. The Morgan fingerprint density at radius 1 is 0.857 bits per heavy atom. The average Bonchev–Trinajstić information content (AvgIpc) is 2.53. The Hall–Kier alpha value is -1.38. The van der Waals surface area contributed by atoms with Gasteiger partial charge in [0, 0.05) is 24.8 Å². The van der Waals surface area contributed by atoms with E-state index >= 15 is 0 Å². The normalized spacial score (nSPS) is 16.0. The standard InChI is InChI=1S/C17H18Cl2N2/c18-15-7-4-8-16(19)17(15)20-13-9-11-21(12-10-13)14-5-2-1-3-6-14/h1-8,13,20H,9-12H2. The Morgan fingerprint density at radius 3 is 2.10 bits per heavy atom. The number of piperidine rings is 1. The van der Waals surface area contributed by atoms with Gasteiger partial charge in [-0.15, -0.1) is 0 Å². The van der Waals surface area contributed by atoms with Gasteiger partial charge in [0.15, 0.2) is 0 Å². The molecule has 2 aromatic carbocycles. The summed E-state index contributed by atoms with van der Waals surface area (Å²) in [6.07, 6.45) is 2.16. The Morgan fingerprint density at radius 2 is 1.48 bits per heavy atom. The molecule has 0 atom stereocenters.